The normalized spacial score (nSPS) is 13.2. The molecule has 0 spiro atoms. The summed E-state index contributed by atoms with van der Waals surface area (Å²) in [5.74, 6) is 0. The molecule has 2 aromatic rings. The topological polar surface area (TPSA) is 0 Å². The van der Waals surface area contributed by atoms with Crippen molar-refractivity contribution in [3.8, 4) is 0 Å². The van der Waals surface area contributed by atoms with Gasteiger partial charge in [0.25, 0.3) is 0 Å². The average Bonchev–Trinajstić information content (AvgIpc) is 2.50. The highest BCUT2D eigenvalue weighted by Gasteiger charge is 2.45. The van der Waals surface area contributed by atoms with Crippen molar-refractivity contribution < 1.29 is 0 Å². The first kappa shape index (κ1) is 14.3. The summed E-state index contributed by atoms with van der Waals surface area (Å²) < 4.78 is 0. The fourth-order valence-corrected chi connectivity index (χ4v) is 7.74. The van der Waals surface area contributed by atoms with Crippen LogP contribution in [0.15, 0.2) is 60.7 Å². The lowest BCUT2D eigenvalue weighted by atomic mass is 10.3. The molecule has 0 N–H and O–H groups in total. The fourth-order valence-electron chi connectivity index (χ4n) is 3.03. The molecular weight excluding hydrogens is 247 g/mol. The van der Waals surface area contributed by atoms with Gasteiger partial charge in [-0.05, 0) is 44.5 Å². The van der Waals surface area contributed by atoms with Crippen molar-refractivity contribution in [1.29, 1.82) is 0 Å². The van der Waals surface area contributed by atoms with E-state index < -0.39 is 7.26 Å². The molecule has 0 aliphatic rings. The highest BCUT2D eigenvalue weighted by molar-refractivity contribution is 7.90. The van der Waals surface area contributed by atoms with Crippen molar-refractivity contribution >= 4 is 17.9 Å². The molecule has 19 heavy (non-hydrogen) atoms. The zero-order valence-electron chi connectivity index (χ0n) is 12.2. The van der Waals surface area contributed by atoms with Crippen molar-refractivity contribution in [2.24, 2.45) is 0 Å². The van der Waals surface area contributed by atoms with E-state index in [1.165, 1.54) is 12.6 Å². The molecule has 0 nitrogen and oxygen atoms in total. The van der Waals surface area contributed by atoms with Crippen molar-refractivity contribution in [1.82, 2.24) is 0 Å². The van der Waals surface area contributed by atoms with Crippen LogP contribution >= 0.6 is 7.26 Å². The van der Waals surface area contributed by atoms with E-state index in [-0.39, 0.29) is 0 Å². The lowest BCUT2D eigenvalue weighted by Gasteiger charge is -2.31. The van der Waals surface area contributed by atoms with Crippen LogP contribution < -0.4 is 10.6 Å². The predicted octanol–water partition coefficient (Wildman–Crippen LogP) is 4.47. The van der Waals surface area contributed by atoms with E-state index in [4.69, 9.17) is 0 Å². The second-order valence-corrected chi connectivity index (χ2v) is 9.40. The van der Waals surface area contributed by atoms with Crippen LogP contribution in [0.5, 0.6) is 0 Å². The van der Waals surface area contributed by atoms with E-state index in [1.807, 2.05) is 0 Å². The molecular formula is C18H24P+. The zero-order valence-corrected chi connectivity index (χ0v) is 13.1. The Bertz CT molecular complexity index is 450. The Kier molecular flexibility index (Phi) is 4.77. The van der Waals surface area contributed by atoms with E-state index in [1.54, 1.807) is 10.6 Å². The predicted molar refractivity (Wildman–Crippen MR) is 89.4 cm³/mol. The third-order valence-corrected chi connectivity index (χ3v) is 9.58. The van der Waals surface area contributed by atoms with Gasteiger partial charge in [-0.1, -0.05) is 43.3 Å². The Balaban J connectivity index is 2.62. The third-order valence-electron chi connectivity index (χ3n) is 4.28. The highest BCUT2D eigenvalue weighted by atomic mass is 31.2. The van der Waals surface area contributed by atoms with Gasteiger partial charge in [0.15, 0.2) is 0 Å². The molecule has 0 aromatic heterocycles. The van der Waals surface area contributed by atoms with Crippen LogP contribution in [-0.2, 0) is 0 Å². The van der Waals surface area contributed by atoms with Gasteiger partial charge in [-0.15, -0.1) is 0 Å². The van der Waals surface area contributed by atoms with Crippen LogP contribution in [0.3, 0.4) is 0 Å². The van der Waals surface area contributed by atoms with Crippen LogP contribution in [0.25, 0.3) is 0 Å². The summed E-state index contributed by atoms with van der Waals surface area (Å²) in [6, 6.07) is 22.3. The number of benzene rings is 2. The van der Waals surface area contributed by atoms with Crippen molar-refractivity contribution in [2.75, 3.05) is 6.16 Å². The van der Waals surface area contributed by atoms with Crippen molar-refractivity contribution in [2.45, 2.75) is 32.9 Å². The van der Waals surface area contributed by atoms with Crippen LogP contribution in [0.2, 0.25) is 0 Å². The second kappa shape index (κ2) is 6.35. The molecule has 100 valence electrons. The first-order chi connectivity index (χ1) is 9.25. The number of rotatable bonds is 5. The minimum absolute atomic E-state index is 0.738. The number of hydrogen-bond donors (Lipinski definition) is 0. The molecule has 0 radical (unpaired) electrons. The molecule has 0 bridgehead atoms. The summed E-state index contributed by atoms with van der Waals surface area (Å²) in [6.45, 7) is 7.11. The number of hydrogen-bond acceptors (Lipinski definition) is 0. The monoisotopic (exact) mass is 271 g/mol. The van der Waals surface area contributed by atoms with Gasteiger partial charge in [-0.2, -0.15) is 0 Å². The Morgan fingerprint density at radius 1 is 0.789 bits per heavy atom. The zero-order chi connectivity index (χ0) is 13.7. The standard InChI is InChI=1S/C18H24P/c1-4-16(3)19(5-2,17-12-8-6-9-13-17)18-14-10-7-11-15-18/h6-16H,4-5H2,1-3H3/q+1. The van der Waals surface area contributed by atoms with Crippen molar-refractivity contribution in [3.05, 3.63) is 60.7 Å². The van der Waals surface area contributed by atoms with Gasteiger partial charge in [-0.25, -0.2) is 0 Å². The molecule has 1 atom stereocenters. The maximum atomic E-state index is 2.43. The average molecular weight is 271 g/mol. The smallest absolute Gasteiger partial charge is 0.0620 e. The largest absolute Gasteiger partial charge is 0.0994 e. The molecule has 0 saturated heterocycles. The van der Waals surface area contributed by atoms with Gasteiger partial charge in [-0.3, -0.25) is 0 Å². The Labute approximate surface area is 118 Å². The maximum absolute atomic E-state index is 2.43. The molecule has 0 heterocycles. The molecule has 2 aromatic carbocycles. The molecule has 1 heteroatoms. The maximum Gasteiger partial charge on any atom is 0.0994 e. The Morgan fingerprint density at radius 2 is 1.21 bits per heavy atom. The molecule has 0 aliphatic carbocycles. The quantitative estimate of drug-likeness (QED) is 0.704. The molecule has 2 rings (SSSR count). The summed E-state index contributed by atoms with van der Waals surface area (Å²) in [6.07, 6.45) is 2.49. The van der Waals surface area contributed by atoms with E-state index in [0.717, 1.165) is 5.66 Å². The fraction of sp³-hybridized carbons (Fsp3) is 0.333. The van der Waals surface area contributed by atoms with Gasteiger partial charge >= 0.3 is 0 Å². The van der Waals surface area contributed by atoms with Gasteiger partial charge in [0, 0.05) is 0 Å². The van der Waals surface area contributed by atoms with E-state index in [2.05, 4.69) is 81.4 Å². The first-order valence-electron chi connectivity index (χ1n) is 7.24. The van der Waals surface area contributed by atoms with Gasteiger partial charge in [0.2, 0.25) is 0 Å². The van der Waals surface area contributed by atoms with Crippen LogP contribution in [0.1, 0.15) is 27.2 Å². The van der Waals surface area contributed by atoms with E-state index in [0.29, 0.717) is 0 Å². The molecule has 0 aliphatic heterocycles. The lowest BCUT2D eigenvalue weighted by molar-refractivity contribution is 0.887. The minimum atomic E-state index is -1.27. The highest BCUT2D eigenvalue weighted by Crippen LogP contribution is 2.61. The summed E-state index contributed by atoms with van der Waals surface area (Å²) in [5.41, 5.74) is 0.738. The minimum Gasteiger partial charge on any atom is -0.0620 e. The molecule has 0 amide bonds. The second-order valence-electron chi connectivity index (χ2n) is 5.11. The Morgan fingerprint density at radius 3 is 1.53 bits per heavy atom. The molecule has 1 unspecified atom stereocenters. The lowest BCUT2D eigenvalue weighted by Crippen LogP contribution is -2.31. The SMILES string of the molecule is CCC(C)[P+](CC)(c1ccccc1)c1ccccc1. The summed E-state index contributed by atoms with van der Waals surface area (Å²) in [4.78, 5) is 0. The van der Waals surface area contributed by atoms with Crippen molar-refractivity contribution in [3.63, 3.8) is 0 Å². The molecule has 0 fully saturated rings. The van der Waals surface area contributed by atoms with E-state index >= 15 is 0 Å². The molecule has 0 saturated carbocycles. The Hall–Kier alpha value is -1.13. The van der Waals surface area contributed by atoms with Crippen LogP contribution in [-0.4, -0.2) is 11.8 Å². The first-order valence-corrected chi connectivity index (χ1v) is 9.29. The van der Waals surface area contributed by atoms with Crippen LogP contribution in [0, 0.1) is 0 Å². The van der Waals surface area contributed by atoms with Crippen LogP contribution in [0.4, 0.5) is 0 Å². The summed E-state index contributed by atoms with van der Waals surface area (Å²) in [7, 11) is -1.27. The third kappa shape index (κ3) is 2.60. The van der Waals surface area contributed by atoms with E-state index in [9.17, 15) is 0 Å². The van der Waals surface area contributed by atoms with Gasteiger partial charge < -0.3 is 0 Å². The van der Waals surface area contributed by atoms with Gasteiger partial charge in [0.1, 0.15) is 0 Å². The summed E-state index contributed by atoms with van der Waals surface area (Å²) >= 11 is 0. The van der Waals surface area contributed by atoms with Gasteiger partial charge in [0.05, 0.1) is 29.7 Å². The summed E-state index contributed by atoms with van der Waals surface area (Å²) in [5, 5.41) is 3.11.